The van der Waals surface area contributed by atoms with Crippen molar-refractivity contribution in [1.29, 1.82) is 0 Å². The van der Waals surface area contributed by atoms with Crippen LogP contribution in [0.2, 0.25) is 10.0 Å². The quantitative estimate of drug-likeness (QED) is 0.460. The molecule has 0 spiro atoms. The summed E-state index contributed by atoms with van der Waals surface area (Å²) in [7, 11) is 1.32. The van der Waals surface area contributed by atoms with Gasteiger partial charge in [0, 0.05) is 16.5 Å². The minimum Gasteiger partial charge on any atom is -0.493 e. The van der Waals surface area contributed by atoms with E-state index in [1.165, 1.54) is 7.11 Å². The molecule has 0 saturated heterocycles. The fraction of sp³-hybridized carbons (Fsp3) is 0.333. The van der Waals surface area contributed by atoms with Crippen LogP contribution in [0.15, 0.2) is 42.5 Å². The molecule has 5 nitrogen and oxygen atoms in total. The minimum absolute atomic E-state index is 0.0460. The molecule has 2 rings (SSSR count). The van der Waals surface area contributed by atoms with Gasteiger partial charge in [-0.25, -0.2) is 0 Å². The highest BCUT2D eigenvalue weighted by molar-refractivity contribution is 6.30. The topological polar surface area (TPSA) is 64.6 Å². The Hall–Kier alpha value is -2.24. The van der Waals surface area contributed by atoms with Crippen molar-refractivity contribution in [1.82, 2.24) is 5.32 Å². The van der Waals surface area contributed by atoms with Crippen LogP contribution in [0.4, 0.5) is 0 Å². The van der Waals surface area contributed by atoms with Crippen LogP contribution in [0.1, 0.15) is 36.4 Å². The lowest BCUT2D eigenvalue weighted by Crippen LogP contribution is -2.30. The first-order valence-corrected chi connectivity index (χ1v) is 9.65. The minimum atomic E-state index is -0.475. The van der Waals surface area contributed by atoms with Gasteiger partial charge in [0.05, 0.1) is 26.2 Å². The molecule has 1 unspecified atom stereocenters. The Morgan fingerprint density at radius 1 is 1.07 bits per heavy atom. The van der Waals surface area contributed by atoms with E-state index in [1.54, 1.807) is 30.3 Å². The zero-order chi connectivity index (χ0) is 20.5. The van der Waals surface area contributed by atoms with Gasteiger partial charge in [0.1, 0.15) is 5.75 Å². The molecule has 2 aromatic rings. The number of methoxy groups -OCH3 is 1. The maximum Gasteiger partial charge on any atom is 0.307 e. The molecule has 0 aromatic heterocycles. The highest BCUT2D eigenvalue weighted by atomic mass is 35.5. The number of aryl methyl sites for hydroxylation is 1. The number of hydrogen-bond donors (Lipinski definition) is 1. The molecule has 1 N–H and O–H groups in total. The highest BCUT2D eigenvalue weighted by Gasteiger charge is 2.19. The van der Waals surface area contributed by atoms with Crippen molar-refractivity contribution in [2.24, 2.45) is 0 Å². The van der Waals surface area contributed by atoms with Crippen LogP contribution in [0.25, 0.3) is 0 Å². The third-order valence-corrected chi connectivity index (χ3v) is 4.64. The SMILES string of the molecule is COC(=O)CC(NC(=O)CCCOc1ccc(Cl)cc1C)c1ccc(Cl)cc1. The van der Waals surface area contributed by atoms with E-state index in [4.69, 9.17) is 32.7 Å². The van der Waals surface area contributed by atoms with Crippen molar-refractivity contribution in [3.05, 3.63) is 63.6 Å². The predicted octanol–water partition coefficient (Wildman–Crippen LogP) is 4.88. The summed E-state index contributed by atoms with van der Waals surface area (Å²) in [5.41, 5.74) is 1.73. The number of halogens is 2. The molecule has 0 saturated carbocycles. The predicted molar refractivity (Wildman–Crippen MR) is 110 cm³/mol. The summed E-state index contributed by atoms with van der Waals surface area (Å²) in [5, 5.41) is 4.12. The fourth-order valence-corrected chi connectivity index (χ4v) is 3.01. The van der Waals surface area contributed by atoms with Crippen molar-refractivity contribution >= 4 is 35.1 Å². The second-order valence-electron chi connectivity index (χ2n) is 6.31. The van der Waals surface area contributed by atoms with Crippen LogP contribution in [0.5, 0.6) is 5.75 Å². The van der Waals surface area contributed by atoms with Crippen LogP contribution in [0.3, 0.4) is 0 Å². The van der Waals surface area contributed by atoms with Gasteiger partial charge in [0.25, 0.3) is 0 Å². The lowest BCUT2D eigenvalue weighted by atomic mass is 10.0. The van der Waals surface area contributed by atoms with Crippen molar-refractivity contribution in [2.75, 3.05) is 13.7 Å². The van der Waals surface area contributed by atoms with Crippen molar-refractivity contribution in [3.8, 4) is 5.75 Å². The number of nitrogens with one attached hydrogen (secondary N) is 1. The molecule has 2 aromatic carbocycles. The molecule has 1 atom stereocenters. The van der Waals surface area contributed by atoms with E-state index in [2.05, 4.69) is 5.32 Å². The second kappa shape index (κ2) is 10.9. The Kier molecular flexibility index (Phi) is 8.61. The first-order valence-electron chi connectivity index (χ1n) is 8.89. The van der Waals surface area contributed by atoms with Crippen molar-refractivity contribution in [2.45, 2.75) is 32.2 Å². The van der Waals surface area contributed by atoms with E-state index in [1.807, 2.05) is 19.1 Å². The maximum atomic E-state index is 12.3. The average molecular weight is 424 g/mol. The van der Waals surface area contributed by atoms with E-state index in [0.717, 1.165) is 16.9 Å². The number of hydrogen-bond acceptors (Lipinski definition) is 4. The Morgan fingerprint density at radius 2 is 1.75 bits per heavy atom. The molecule has 0 fully saturated rings. The van der Waals surface area contributed by atoms with Gasteiger partial charge in [0.2, 0.25) is 5.91 Å². The summed E-state index contributed by atoms with van der Waals surface area (Å²) in [6.45, 7) is 2.32. The van der Waals surface area contributed by atoms with E-state index in [0.29, 0.717) is 23.1 Å². The summed E-state index contributed by atoms with van der Waals surface area (Å²) in [5.74, 6) is 0.177. The van der Waals surface area contributed by atoms with E-state index >= 15 is 0 Å². The summed E-state index contributed by atoms with van der Waals surface area (Å²) < 4.78 is 10.4. The van der Waals surface area contributed by atoms with Crippen molar-refractivity contribution < 1.29 is 19.1 Å². The Balaban J connectivity index is 1.86. The Labute approximate surface area is 174 Å². The van der Waals surface area contributed by atoms with Gasteiger partial charge in [0.15, 0.2) is 0 Å². The molecule has 1 amide bonds. The second-order valence-corrected chi connectivity index (χ2v) is 7.19. The average Bonchev–Trinajstić information content (AvgIpc) is 2.66. The number of esters is 1. The number of carbonyl (C=O) groups excluding carboxylic acids is 2. The van der Waals surface area contributed by atoms with E-state index in [9.17, 15) is 9.59 Å². The zero-order valence-corrected chi connectivity index (χ0v) is 17.3. The third-order valence-electron chi connectivity index (χ3n) is 4.15. The molecule has 7 heteroatoms. The van der Waals surface area contributed by atoms with E-state index < -0.39 is 12.0 Å². The van der Waals surface area contributed by atoms with E-state index in [-0.39, 0.29) is 18.7 Å². The lowest BCUT2D eigenvalue weighted by molar-refractivity contribution is -0.141. The highest BCUT2D eigenvalue weighted by Crippen LogP contribution is 2.22. The molecule has 0 aliphatic carbocycles. The number of carbonyl (C=O) groups is 2. The number of rotatable bonds is 9. The smallest absolute Gasteiger partial charge is 0.307 e. The zero-order valence-electron chi connectivity index (χ0n) is 15.8. The Bertz CT molecular complexity index is 809. The van der Waals surface area contributed by atoms with Gasteiger partial charge in [-0.15, -0.1) is 0 Å². The molecule has 0 aliphatic heterocycles. The summed E-state index contributed by atoms with van der Waals surface area (Å²) >= 11 is 11.8. The van der Waals surface area contributed by atoms with Gasteiger partial charge in [-0.3, -0.25) is 9.59 Å². The van der Waals surface area contributed by atoms with Gasteiger partial charge in [-0.1, -0.05) is 35.3 Å². The number of ether oxygens (including phenoxy) is 2. The van der Waals surface area contributed by atoms with Crippen LogP contribution in [-0.4, -0.2) is 25.6 Å². The van der Waals surface area contributed by atoms with Gasteiger partial charge in [-0.2, -0.15) is 0 Å². The fourth-order valence-electron chi connectivity index (χ4n) is 2.65. The van der Waals surface area contributed by atoms with Crippen LogP contribution in [-0.2, 0) is 14.3 Å². The largest absolute Gasteiger partial charge is 0.493 e. The molecule has 150 valence electrons. The molecule has 0 radical (unpaired) electrons. The molecule has 0 bridgehead atoms. The summed E-state index contributed by atoms with van der Waals surface area (Å²) in [6.07, 6.45) is 0.863. The van der Waals surface area contributed by atoms with Gasteiger partial charge in [-0.05, 0) is 54.8 Å². The first-order chi connectivity index (χ1) is 13.4. The van der Waals surface area contributed by atoms with Gasteiger partial charge >= 0.3 is 5.97 Å². The van der Waals surface area contributed by atoms with Gasteiger partial charge < -0.3 is 14.8 Å². The normalized spacial score (nSPS) is 11.6. The standard InChI is InChI=1S/C21H23Cl2NO4/c1-14-12-17(23)9-10-19(14)28-11-3-4-20(25)24-18(13-21(26)27-2)15-5-7-16(22)8-6-15/h5-10,12,18H,3-4,11,13H2,1-2H3,(H,24,25). The molecule has 0 heterocycles. The Morgan fingerprint density at radius 3 is 2.39 bits per heavy atom. The molecular weight excluding hydrogens is 401 g/mol. The molecule has 28 heavy (non-hydrogen) atoms. The van der Waals surface area contributed by atoms with Crippen LogP contribution >= 0.6 is 23.2 Å². The summed E-state index contributed by atoms with van der Waals surface area (Å²) in [4.78, 5) is 24.0. The monoisotopic (exact) mass is 423 g/mol. The first kappa shape index (κ1) is 22.1. The lowest BCUT2D eigenvalue weighted by Gasteiger charge is -2.18. The number of benzene rings is 2. The summed E-state index contributed by atoms with van der Waals surface area (Å²) in [6, 6.07) is 11.9. The third kappa shape index (κ3) is 7.06. The van der Waals surface area contributed by atoms with Crippen LogP contribution < -0.4 is 10.1 Å². The van der Waals surface area contributed by atoms with Crippen LogP contribution in [0, 0.1) is 6.92 Å². The number of amides is 1. The van der Waals surface area contributed by atoms with Crippen molar-refractivity contribution in [3.63, 3.8) is 0 Å². The molecular formula is C21H23Cl2NO4. The maximum absolute atomic E-state index is 12.3. The molecule has 0 aliphatic rings.